The van der Waals surface area contributed by atoms with Crippen molar-refractivity contribution >= 4 is 5.91 Å². The van der Waals surface area contributed by atoms with Crippen LogP contribution in [0.25, 0.3) is 0 Å². The van der Waals surface area contributed by atoms with Gasteiger partial charge in [0.1, 0.15) is 11.5 Å². The van der Waals surface area contributed by atoms with Crippen LogP contribution < -0.4 is 15.8 Å². The number of hydrogen-bond donors (Lipinski definition) is 3. The highest BCUT2D eigenvalue weighted by molar-refractivity contribution is 5.97. The van der Waals surface area contributed by atoms with E-state index < -0.39 is 0 Å². The van der Waals surface area contributed by atoms with Crippen LogP contribution in [0.5, 0.6) is 11.5 Å². The lowest BCUT2D eigenvalue weighted by atomic mass is 9.97. The van der Waals surface area contributed by atoms with Crippen molar-refractivity contribution in [2.24, 2.45) is 5.73 Å². The molecular weight excluding hydrogens is 244 g/mol. The van der Waals surface area contributed by atoms with Gasteiger partial charge in [-0.25, -0.2) is 0 Å². The van der Waals surface area contributed by atoms with E-state index in [1.165, 1.54) is 19.2 Å². The van der Waals surface area contributed by atoms with Gasteiger partial charge in [0.15, 0.2) is 0 Å². The summed E-state index contributed by atoms with van der Waals surface area (Å²) in [5.41, 5.74) is 5.68. The Kier molecular flexibility index (Phi) is 3.95. The molecule has 1 aromatic rings. The molecule has 1 fully saturated rings. The van der Waals surface area contributed by atoms with Crippen molar-refractivity contribution in [1.82, 2.24) is 5.32 Å². The van der Waals surface area contributed by atoms with Gasteiger partial charge in [0.05, 0.1) is 18.2 Å². The van der Waals surface area contributed by atoms with Gasteiger partial charge in [0, 0.05) is 6.54 Å². The SMILES string of the molecule is COc1ccc(O)c(C(=O)NC2(CN)CCCC2)c1. The number of rotatable bonds is 4. The molecule has 4 N–H and O–H groups in total. The van der Waals surface area contributed by atoms with E-state index in [0.29, 0.717) is 12.3 Å². The Hall–Kier alpha value is -1.75. The Labute approximate surface area is 112 Å². The topological polar surface area (TPSA) is 84.6 Å². The van der Waals surface area contributed by atoms with E-state index in [9.17, 15) is 9.90 Å². The van der Waals surface area contributed by atoms with Crippen molar-refractivity contribution in [2.75, 3.05) is 13.7 Å². The fraction of sp³-hybridized carbons (Fsp3) is 0.500. The lowest BCUT2D eigenvalue weighted by Gasteiger charge is -2.28. The number of benzene rings is 1. The number of phenolic OH excluding ortho intramolecular Hbond substituents is 1. The zero-order valence-corrected chi connectivity index (χ0v) is 11.1. The zero-order chi connectivity index (χ0) is 13.9. The minimum atomic E-state index is -0.327. The Morgan fingerprint density at radius 3 is 2.74 bits per heavy atom. The van der Waals surface area contributed by atoms with Crippen LogP contribution in [-0.2, 0) is 0 Å². The van der Waals surface area contributed by atoms with E-state index in [4.69, 9.17) is 10.5 Å². The highest BCUT2D eigenvalue weighted by atomic mass is 16.5. The van der Waals surface area contributed by atoms with Crippen molar-refractivity contribution in [3.05, 3.63) is 23.8 Å². The second-order valence-electron chi connectivity index (χ2n) is 5.03. The number of amides is 1. The number of nitrogens with two attached hydrogens (primary N) is 1. The first-order chi connectivity index (χ1) is 9.10. The van der Waals surface area contributed by atoms with E-state index in [2.05, 4.69) is 5.32 Å². The van der Waals surface area contributed by atoms with Gasteiger partial charge in [-0.15, -0.1) is 0 Å². The van der Waals surface area contributed by atoms with Crippen molar-refractivity contribution in [3.8, 4) is 11.5 Å². The third-order valence-corrected chi connectivity index (χ3v) is 3.78. The van der Waals surface area contributed by atoms with Gasteiger partial charge >= 0.3 is 0 Å². The Balaban J connectivity index is 2.19. The third kappa shape index (κ3) is 2.81. The number of carbonyl (C=O) groups excluding carboxylic acids is 1. The predicted octanol–water partition coefficient (Wildman–Crippen LogP) is 1.40. The second kappa shape index (κ2) is 5.48. The molecule has 0 aromatic heterocycles. The Bertz CT molecular complexity index is 468. The molecule has 19 heavy (non-hydrogen) atoms. The molecule has 1 amide bonds. The fourth-order valence-corrected chi connectivity index (χ4v) is 2.56. The summed E-state index contributed by atoms with van der Waals surface area (Å²) in [5, 5.41) is 12.8. The van der Waals surface area contributed by atoms with E-state index in [1.54, 1.807) is 6.07 Å². The van der Waals surface area contributed by atoms with Crippen LogP contribution in [0.15, 0.2) is 18.2 Å². The van der Waals surface area contributed by atoms with Crippen LogP contribution in [0.2, 0.25) is 0 Å². The van der Waals surface area contributed by atoms with Gasteiger partial charge < -0.3 is 20.9 Å². The second-order valence-corrected chi connectivity index (χ2v) is 5.03. The summed E-state index contributed by atoms with van der Waals surface area (Å²) in [6.07, 6.45) is 3.92. The normalized spacial score (nSPS) is 17.2. The molecule has 2 rings (SSSR count). The molecule has 0 bridgehead atoms. The number of nitrogens with one attached hydrogen (secondary N) is 1. The van der Waals surface area contributed by atoms with Crippen LogP contribution in [0, 0.1) is 0 Å². The summed E-state index contributed by atoms with van der Waals surface area (Å²) >= 11 is 0. The minimum absolute atomic E-state index is 0.0523. The van der Waals surface area contributed by atoms with E-state index in [-0.39, 0.29) is 22.8 Å². The lowest BCUT2D eigenvalue weighted by Crippen LogP contribution is -2.51. The summed E-state index contributed by atoms with van der Waals surface area (Å²) in [5.74, 6) is 0.184. The van der Waals surface area contributed by atoms with E-state index >= 15 is 0 Å². The van der Waals surface area contributed by atoms with Gasteiger partial charge in [0.2, 0.25) is 0 Å². The maximum atomic E-state index is 12.3. The molecule has 0 radical (unpaired) electrons. The lowest BCUT2D eigenvalue weighted by molar-refractivity contribution is 0.0900. The zero-order valence-electron chi connectivity index (χ0n) is 11.1. The predicted molar refractivity (Wildman–Crippen MR) is 72.4 cm³/mol. The van der Waals surface area contributed by atoms with Crippen molar-refractivity contribution < 1.29 is 14.6 Å². The first-order valence-electron chi connectivity index (χ1n) is 6.50. The number of hydrogen-bond acceptors (Lipinski definition) is 4. The van der Waals surface area contributed by atoms with Crippen LogP contribution in [0.3, 0.4) is 0 Å². The molecule has 1 saturated carbocycles. The number of methoxy groups -OCH3 is 1. The van der Waals surface area contributed by atoms with Crippen molar-refractivity contribution in [3.63, 3.8) is 0 Å². The summed E-state index contributed by atoms with van der Waals surface area (Å²) in [7, 11) is 1.52. The molecule has 5 heteroatoms. The van der Waals surface area contributed by atoms with Crippen molar-refractivity contribution in [2.45, 2.75) is 31.2 Å². The quantitative estimate of drug-likeness (QED) is 0.767. The van der Waals surface area contributed by atoms with Crippen LogP contribution in [0.1, 0.15) is 36.0 Å². The third-order valence-electron chi connectivity index (χ3n) is 3.78. The molecule has 0 heterocycles. The van der Waals surface area contributed by atoms with Gasteiger partial charge in [-0.05, 0) is 31.0 Å². The van der Waals surface area contributed by atoms with Gasteiger partial charge in [0.25, 0.3) is 5.91 Å². The molecular formula is C14H20N2O3. The fourth-order valence-electron chi connectivity index (χ4n) is 2.56. The number of carbonyl (C=O) groups is 1. The molecule has 1 aromatic carbocycles. The molecule has 1 aliphatic carbocycles. The van der Waals surface area contributed by atoms with Crippen LogP contribution in [-0.4, -0.2) is 30.2 Å². The number of aromatic hydroxyl groups is 1. The van der Waals surface area contributed by atoms with Gasteiger partial charge in [-0.3, -0.25) is 4.79 Å². The highest BCUT2D eigenvalue weighted by Crippen LogP contribution is 2.30. The van der Waals surface area contributed by atoms with Gasteiger partial charge in [-0.1, -0.05) is 12.8 Å². The average molecular weight is 264 g/mol. The molecule has 1 aliphatic rings. The molecule has 0 aliphatic heterocycles. The van der Waals surface area contributed by atoms with E-state index in [1.807, 2.05) is 0 Å². The summed E-state index contributed by atoms with van der Waals surface area (Å²) < 4.78 is 5.07. The summed E-state index contributed by atoms with van der Waals surface area (Å²) in [4.78, 5) is 12.3. The first-order valence-corrected chi connectivity index (χ1v) is 6.50. The summed E-state index contributed by atoms with van der Waals surface area (Å²) in [6, 6.07) is 4.60. The van der Waals surface area contributed by atoms with Crippen LogP contribution >= 0.6 is 0 Å². The molecule has 0 atom stereocenters. The molecule has 0 spiro atoms. The maximum absolute atomic E-state index is 12.3. The smallest absolute Gasteiger partial charge is 0.255 e. The van der Waals surface area contributed by atoms with E-state index in [0.717, 1.165) is 25.7 Å². The van der Waals surface area contributed by atoms with Crippen LogP contribution in [0.4, 0.5) is 0 Å². The Morgan fingerprint density at radius 2 is 2.16 bits per heavy atom. The largest absolute Gasteiger partial charge is 0.507 e. The highest BCUT2D eigenvalue weighted by Gasteiger charge is 2.34. The monoisotopic (exact) mass is 264 g/mol. The summed E-state index contributed by atoms with van der Waals surface area (Å²) in [6.45, 7) is 0.420. The molecule has 0 saturated heterocycles. The first kappa shape index (κ1) is 13.7. The number of ether oxygens (including phenoxy) is 1. The minimum Gasteiger partial charge on any atom is -0.507 e. The number of phenols is 1. The average Bonchev–Trinajstić information content (AvgIpc) is 2.88. The Morgan fingerprint density at radius 1 is 1.47 bits per heavy atom. The van der Waals surface area contributed by atoms with Crippen molar-refractivity contribution in [1.29, 1.82) is 0 Å². The molecule has 5 nitrogen and oxygen atoms in total. The standard InChI is InChI=1S/C14H20N2O3/c1-19-10-4-5-12(17)11(8-10)13(18)16-14(9-15)6-2-3-7-14/h4-5,8,17H,2-3,6-7,9,15H2,1H3,(H,16,18). The molecule has 0 unspecified atom stereocenters. The van der Waals surface area contributed by atoms with Gasteiger partial charge in [-0.2, -0.15) is 0 Å². The maximum Gasteiger partial charge on any atom is 0.255 e. The molecule has 104 valence electrons.